The number of anilines is 1. The third-order valence-corrected chi connectivity index (χ3v) is 5.12. The Morgan fingerprint density at radius 1 is 1.40 bits per heavy atom. The molecule has 2 heterocycles. The summed E-state index contributed by atoms with van der Waals surface area (Å²) >= 11 is 1.54. The lowest BCUT2D eigenvalue weighted by molar-refractivity contribution is -0.114. The van der Waals surface area contributed by atoms with Crippen LogP contribution >= 0.6 is 11.3 Å². The van der Waals surface area contributed by atoms with Crippen LogP contribution in [0.25, 0.3) is 6.08 Å². The Bertz CT molecular complexity index is 760. The van der Waals surface area contributed by atoms with Crippen LogP contribution < -0.4 is 5.32 Å². The first kappa shape index (κ1) is 17.8. The number of piperidine rings is 1. The predicted octanol–water partition coefficient (Wildman–Crippen LogP) is 3.27. The average molecular weight is 357 g/mol. The zero-order valence-corrected chi connectivity index (χ0v) is 15.2. The van der Waals surface area contributed by atoms with E-state index < -0.39 is 0 Å². The summed E-state index contributed by atoms with van der Waals surface area (Å²) in [4.78, 5) is 18.9. The lowest BCUT2D eigenvalue weighted by Crippen LogP contribution is -2.29. The van der Waals surface area contributed by atoms with Crippen LogP contribution in [0.4, 0.5) is 5.13 Å². The average Bonchev–Trinajstić information content (AvgIpc) is 3.03. The fraction of sp³-hybridized carbons (Fsp3) is 0.368. The number of aliphatic hydroxyl groups excluding tert-OH is 1. The van der Waals surface area contributed by atoms with Crippen LogP contribution in [0.5, 0.6) is 0 Å². The molecule has 0 spiro atoms. The summed E-state index contributed by atoms with van der Waals surface area (Å²) in [5.74, 6) is -0.0843. The number of amides is 1. The number of aromatic nitrogens is 1. The van der Waals surface area contributed by atoms with Crippen molar-refractivity contribution in [3.63, 3.8) is 0 Å². The minimum absolute atomic E-state index is 0.0834. The van der Waals surface area contributed by atoms with Gasteiger partial charge in [0, 0.05) is 37.6 Å². The zero-order chi connectivity index (χ0) is 17.6. The molecular weight excluding hydrogens is 334 g/mol. The van der Waals surface area contributed by atoms with Crippen molar-refractivity contribution in [1.82, 2.24) is 9.88 Å². The highest BCUT2D eigenvalue weighted by Gasteiger charge is 2.15. The van der Waals surface area contributed by atoms with E-state index in [0.717, 1.165) is 43.6 Å². The molecule has 0 radical (unpaired) electrons. The van der Waals surface area contributed by atoms with Crippen LogP contribution in [0.15, 0.2) is 36.0 Å². The standard InChI is InChI=1S/C19H23N3O2S/c1-14(24)21-19-20-11-18(25-19)12-22-7-5-15(6-8-22)9-16-3-2-4-17(10-16)13-23/h2-4,9-11,23H,5-8,12-13H2,1H3,(H,20,21,24). The minimum atomic E-state index is -0.0843. The van der Waals surface area contributed by atoms with E-state index in [1.165, 1.54) is 28.7 Å². The van der Waals surface area contributed by atoms with E-state index in [-0.39, 0.29) is 12.5 Å². The second kappa shape index (κ2) is 8.38. The van der Waals surface area contributed by atoms with Gasteiger partial charge in [0.15, 0.2) is 5.13 Å². The molecule has 132 valence electrons. The molecule has 0 bridgehead atoms. The predicted molar refractivity (Wildman–Crippen MR) is 101 cm³/mol. The summed E-state index contributed by atoms with van der Waals surface area (Å²) in [6, 6.07) is 8.05. The largest absolute Gasteiger partial charge is 0.392 e. The van der Waals surface area contributed by atoms with Crippen molar-refractivity contribution in [2.75, 3.05) is 18.4 Å². The summed E-state index contributed by atoms with van der Waals surface area (Å²) in [7, 11) is 0. The number of thiazole rings is 1. The molecule has 2 N–H and O–H groups in total. The second-order valence-electron chi connectivity index (χ2n) is 6.29. The molecule has 25 heavy (non-hydrogen) atoms. The first-order valence-corrected chi connectivity index (χ1v) is 9.28. The molecular formula is C19H23N3O2S. The number of rotatable bonds is 5. The number of nitrogens with zero attached hydrogens (tertiary/aromatic N) is 2. The van der Waals surface area contributed by atoms with Gasteiger partial charge >= 0.3 is 0 Å². The Morgan fingerprint density at radius 3 is 2.92 bits per heavy atom. The fourth-order valence-corrected chi connectivity index (χ4v) is 3.87. The smallest absolute Gasteiger partial charge is 0.223 e. The Kier molecular flexibility index (Phi) is 5.96. The molecule has 1 aromatic heterocycles. The monoisotopic (exact) mass is 357 g/mol. The van der Waals surface area contributed by atoms with Crippen molar-refractivity contribution in [2.24, 2.45) is 0 Å². The highest BCUT2D eigenvalue weighted by molar-refractivity contribution is 7.15. The summed E-state index contributed by atoms with van der Waals surface area (Å²) in [6.45, 7) is 4.51. The molecule has 1 aliphatic heterocycles. The molecule has 1 saturated heterocycles. The van der Waals surface area contributed by atoms with Gasteiger partial charge in [0.25, 0.3) is 0 Å². The molecule has 1 fully saturated rings. The normalized spacial score (nSPS) is 15.2. The summed E-state index contributed by atoms with van der Waals surface area (Å²) < 4.78 is 0. The van der Waals surface area contributed by atoms with Crippen molar-refractivity contribution >= 4 is 28.5 Å². The summed E-state index contributed by atoms with van der Waals surface area (Å²) in [5.41, 5.74) is 3.57. The van der Waals surface area contributed by atoms with Gasteiger partial charge in [0.2, 0.25) is 5.91 Å². The fourth-order valence-electron chi connectivity index (χ4n) is 2.97. The van der Waals surface area contributed by atoms with E-state index >= 15 is 0 Å². The Labute approximate surface area is 152 Å². The van der Waals surface area contributed by atoms with Crippen LogP contribution in [0, 0.1) is 0 Å². The maximum atomic E-state index is 11.1. The molecule has 0 aliphatic carbocycles. The number of hydrogen-bond acceptors (Lipinski definition) is 5. The number of aliphatic hydroxyl groups is 1. The molecule has 0 saturated carbocycles. The van der Waals surface area contributed by atoms with Gasteiger partial charge in [-0.05, 0) is 30.0 Å². The SMILES string of the molecule is CC(=O)Nc1ncc(CN2CCC(=Cc3cccc(CO)c3)CC2)s1. The molecule has 1 amide bonds. The van der Waals surface area contributed by atoms with Gasteiger partial charge in [0.05, 0.1) is 6.61 Å². The summed E-state index contributed by atoms with van der Waals surface area (Å²) in [6.07, 6.45) is 6.21. The summed E-state index contributed by atoms with van der Waals surface area (Å²) in [5, 5.41) is 12.6. The van der Waals surface area contributed by atoms with Crippen molar-refractivity contribution in [2.45, 2.75) is 32.9 Å². The van der Waals surface area contributed by atoms with Crippen LogP contribution in [-0.2, 0) is 17.9 Å². The van der Waals surface area contributed by atoms with Gasteiger partial charge in [0.1, 0.15) is 0 Å². The first-order chi connectivity index (χ1) is 12.1. The number of likely N-dealkylation sites (tertiary alicyclic amines) is 1. The molecule has 5 nitrogen and oxygen atoms in total. The number of carbonyl (C=O) groups is 1. The quantitative estimate of drug-likeness (QED) is 0.862. The lowest BCUT2D eigenvalue weighted by atomic mass is 10.00. The molecule has 0 atom stereocenters. The maximum absolute atomic E-state index is 11.1. The topological polar surface area (TPSA) is 65.5 Å². The van der Waals surface area contributed by atoms with Crippen LogP contribution in [0.2, 0.25) is 0 Å². The van der Waals surface area contributed by atoms with Gasteiger partial charge in [-0.15, -0.1) is 11.3 Å². The Hall–Kier alpha value is -2.02. The van der Waals surface area contributed by atoms with Crippen LogP contribution in [-0.4, -0.2) is 34.0 Å². The molecule has 0 unspecified atom stereocenters. The number of hydrogen-bond donors (Lipinski definition) is 2. The van der Waals surface area contributed by atoms with Gasteiger partial charge in [-0.3, -0.25) is 9.69 Å². The Morgan fingerprint density at radius 2 is 2.20 bits per heavy atom. The van der Waals surface area contributed by atoms with E-state index in [0.29, 0.717) is 5.13 Å². The number of carbonyl (C=O) groups excluding carboxylic acids is 1. The third kappa shape index (κ3) is 5.22. The van der Waals surface area contributed by atoms with E-state index in [1.54, 1.807) is 0 Å². The first-order valence-electron chi connectivity index (χ1n) is 8.46. The van der Waals surface area contributed by atoms with Crippen LogP contribution in [0.3, 0.4) is 0 Å². The molecule has 1 aromatic carbocycles. The van der Waals surface area contributed by atoms with Gasteiger partial charge in [-0.1, -0.05) is 29.8 Å². The van der Waals surface area contributed by atoms with Crippen molar-refractivity contribution in [3.05, 3.63) is 52.0 Å². The van der Waals surface area contributed by atoms with E-state index in [4.69, 9.17) is 0 Å². The number of nitrogens with one attached hydrogen (secondary N) is 1. The van der Waals surface area contributed by atoms with E-state index in [2.05, 4.69) is 27.3 Å². The second-order valence-corrected chi connectivity index (χ2v) is 7.41. The molecule has 2 aromatic rings. The highest BCUT2D eigenvalue weighted by Crippen LogP contribution is 2.24. The van der Waals surface area contributed by atoms with Crippen molar-refractivity contribution < 1.29 is 9.90 Å². The maximum Gasteiger partial charge on any atom is 0.223 e. The molecule has 1 aliphatic rings. The number of benzene rings is 1. The van der Waals surface area contributed by atoms with Crippen molar-refractivity contribution in [1.29, 1.82) is 0 Å². The van der Waals surface area contributed by atoms with E-state index in [1.807, 2.05) is 24.4 Å². The van der Waals surface area contributed by atoms with Gasteiger partial charge < -0.3 is 10.4 Å². The molecule has 6 heteroatoms. The van der Waals surface area contributed by atoms with Crippen molar-refractivity contribution in [3.8, 4) is 0 Å². The zero-order valence-electron chi connectivity index (χ0n) is 14.4. The minimum Gasteiger partial charge on any atom is -0.392 e. The Balaban J connectivity index is 1.53. The van der Waals surface area contributed by atoms with Gasteiger partial charge in [-0.2, -0.15) is 0 Å². The van der Waals surface area contributed by atoms with Crippen LogP contribution in [0.1, 0.15) is 35.8 Å². The lowest BCUT2D eigenvalue weighted by Gasteiger charge is -2.27. The molecule has 3 rings (SSSR count). The van der Waals surface area contributed by atoms with E-state index in [9.17, 15) is 9.90 Å². The van der Waals surface area contributed by atoms with Gasteiger partial charge in [-0.25, -0.2) is 4.98 Å². The third-order valence-electron chi connectivity index (χ3n) is 4.22. The highest BCUT2D eigenvalue weighted by atomic mass is 32.1.